The van der Waals surface area contributed by atoms with Crippen molar-refractivity contribution < 1.29 is 9.59 Å². The molecular formula is C12H20O2. The largest absolute Gasteiger partial charge is 0.299 e. The fourth-order valence-corrected chi connectivity index (χ4v) is 1.88. The molecule has 0 aliphatic heterocycles. The minimum absolute atomic E-state index is 0.111. The Morgan fingerprint density at radius 3 is 2.29 bits per heavy atom. The number of carbonyl (C=O) groups is 2. The number of ketones is 2. The minimum atomic E-state index is -0.373. The van der Waals surface area contributed by atoms with E-state index >= 15 is 0 Å². The van der Waals surface area contributed by atoms with Crippen molar-refractivity contribution >= 4 is 11.6 Å². The second-order valence-corrected chi connectivity index (χ2v) is 5.09. The molecule has 0 bridgehead atoms. The van der Waals surface area contributed by atoms with Gasteiger partial charge in [-0.25, -0.2) is 0 Å². The molecule has 0 aromatic rings. The number of rotatable bonds is 5. The molecule has 0 N–H and O–H groups in total. The second-order valence-electron chi connectivity index (χ2n) is 5.09. The molecule has 2 unspecified atom stereocenters. The van der Waals surface area contributed by atoms with Gasteiger partial charge in [-0.1, -0.05) is 20.8 Å². The smallest absolute Gasteiger partial charge is 0.146 e. The van der Waals surface area contributed by atoms with Crippen molar-refractivity contribution in [1.29, 1.82) is 0 Å². The molecule has 1 aliphatic rings. The number of hydrogen-bond acceptors (Lipinski definition) is 2. The van der Waals surface area contributed by atoms with E-state index in [-0.39, 0.29) is 28.8 Å². The van der Waals surface area contributed by atoms with E-state index in [2.05, 4.69) is 13.8 Å². The first-order valence-electron chi connectivity index (χ1n) is 5.46. The van der Waals surface area contributed by atoms with Gasteiger partial charge in [0, 0.05) is 12.3 Å². The lowest BCUT2D eigenvalue weighted by Crippen LogP contribution is -2.23. The van der Waals surface area contributed by atoms with E-state index in [1.807, 2.05) is 6.92 Å². The molecule has 0 amide bonds. The first kappa shape index (κ1) is 11.4. The van der Waals surface area contributed by atoms with E-state index in [1.54, 1.807) is 6.92 Å². The van der Waals surface area contributed by atoms with Crippen molar-refractivity contribution in [3.63, 3.8) is 0 Å². The van der Waals surface area contributed by atoms with Crippen LogP contribution in [0.1, 0.15) is 47.0 Å². The van der Waals surface area contributed by atoms with Crippen LogP contribution in [0.2, 0.25) is 0 Å². The van der Waals surface area contributed by atoms with Gasteiger partial charge < -0.3 is 0 Å². The monoisotopic (exact) mass is 196 g/mol. The topological polar surface area (TPSA) is 34.1 Å². The number of carbonyl (C=O) groups excluding carboxylic acids is 2. The van der Waals surface area contributed by atoms with Crippen molar-refractivity contribution in [3.05, 3.63) is 0 Å². The average molecular weight is 196 g/mol. The van der Waals surface area contributed by atoms with Crippen LogP contribution in [-0.2, 0) is 9.59 Å². The average Bonchev–Trinajstić information content (AvgIpc) is 2.73. The van der Waals surface area contributed by atoms with Crippen molar-refractivity contribution in [2.24, 2.45) is 17.3 Å². The second kappa shape index (κ2) is 3.84. The molecule has 0 aromatic heterocycles. The molecule has 2 atom stereocenters. The fraction of sp³-hybridized carbons (Fsp3) is 0.833. The zero-order chi connectivity index (χ0) is 10.9. The van der Waals surface area contributed by atoms with Crippen molar-refractivity contribution in [1.82, 2.24) is 0 Å². The van der Waals surface area contributed by atoms with E-state index in [0.717, 1.165) is 12.8 Å². The van der Waals surface area contributed by atoms with E-state index in [1.165, 1.54) is 0 Å². The lowest BCUT2D eigenvalue weighted by atomic mass is 9.92. The highest BCUT2D eigenvalue weighted by Crippen LogP contribution is 2.53. The van der Waals surface area contributed by atoms with Gasteiger partial charge in [-0.3, -0.25) is 9.59 Å². The third-order valence-corrected chi connectivity index (χ3v) is 3.26. The summed E-state index contributed by atoms with van der Waals surface area (Å²) in [6.45, 7) is 7.91. The van der Waals surface area contributed by atoms with Crippen molar-refractivity contribution in [3.8, 4) is 0 Å². The van der Waals surface area contributed by atoms with E-state index in [0.29, 0.717) is 6.42 Å². The molecule has 1 rings (SSSR count). The molecule has 14 heavy (non-hydrogen) atoms. The highest BCUT2D eigenvalue weighted by Gasteiger charge is 2.51. The van der Waals surface area contributed by atoms with Crippen LogP contribution in [0.25, 0.3) is 0 Å². The maximum absolute atomic E-state index is 11.8. The van der Waals surface area contributed by atoms with E-state index in [9.17, 15) is 9.59 Å². The Hall–Kier alpha value is -0.660. The molecule has 0 heterocycles. The molecule has 2 heteroatoms. The minimum Gasteiger partial charge on any atom is -0.299 e. The molecular weight excluding hydrogens is 176 g/mol. The van der Waals surface area contributed by atoms with Crippen molar-refractivity contribution in [2.75, 3.05) is 0 Å². The normalized spacial score (nSPS) is 25.6. The summed E-state index contributed by atoms with van der Waals surface area (Å²) < 4.78 is 0. The molecule has 2 nitrogen and oxygen atoms in total. The maximum Gasteiger partial charge on any atom is 0.146 e. The third kappa shape index (κ3) is 2.23. The molecule has 1 aliphatic carbocycles. The molecule has 0 aromatic carbocycles. The van der Waals surface area contributed by atoms with E-state index < -0.39 is 0 Å². The summed E-state index contributed by atoms with van der Waals surface area (Å²) in [5.41, 5.74) is 0.151. The van der Waals surface area contributed by atoms with Gasteiger partial charge in [-0.15, -0.1) is 0 Å². The summed E-state index contributed by atoms with van der Waals surface area (Å²) in [4.78, 5) is 23.3. The molecule has 0 saturated heterocycles. The van der Waals surface area contributed by atoms with Gasteiger partial charge in [0.05, 0.1) is 5.92 Å². The Bertz CT molecular complexity index is 253. The van der Waals surface area contributed by atoms with Gasteiger partial charge in [-0.05, 0) is 25.2 Å². The number of Topliss-reactive ketones (excluding diaryl/α,β-unsaturated/α-hetero) is 2. The fourth-order valence-electron chi connectivity index (χ4n) is 1.88. The van der Waals surface area contributed by atoms with Gasteiger partial charge in [-0.2, -0.15) is 0 Å². The Balaban J connectivity index is 2.50. The summed E-state index contributed by atoms with van der Waals surface area (Å²) in [6, 6.07) is 0. The van der Waals surface area contributed by atoms with Crippen LogP contribution in [0.4, 0.5) is 0 Å². The quantitative estimate of drug-likeness (QED) is 0.633. The highest BCUT2D eigenvalue weighted by atomic mass is 16.2. The van der Waals surface area contributed by atoms with Crippen LogP contribution in [0.5, 0.6) is 0 Å². The standard InChI is InChI=1S/C12H20O2/c1-5-6-10(13)8(2)11(14)9-7-12(9,3)4/h8-9H,5-7H2,1-4H3. The molecule has 1 fully saturated rings. The van der Waals surface area contributed by atoms with Gasteiger partial charge in [0.15, 0.2) is 0 Å². The molecule has 80 valence electrons. The third-order valence-electron chi connectivity index (χ3n) is 3.26. The van der Waals surface area contributed by atoms with Crippen LogP contribution in [-0.4, -0.2) is 11.6 Å². The maximum atomic E-state index is 11.8. The van der Waals surface area contributed by atoms with Gasteiger partial charge in [0.25, 0.3) is 0 Å². The molecule has 1 saturated carbocycles. The summed E-state index contributed by atoms with van der Waals surface area (Å²) in [7, 11) is 0. The Kier molecular flexibility index (Phi) is 3.13. The summed E-state index contributed by atoms with van der Waals surface area (Å²) in [5, 5.41) is 0. The van der Waals surface area contributed by atoms with Gasteiger partial charge >= 0.3 is 0 Å². The first-order chi connectivity index (χ1) is 6.40. The number of hydrogen-bond donors (Lipinski definition) is 0. The Morgan fingerprint density at radius 1 is 1.43 bits per heavy atom. The van der Waals surface area contributed by atoms with Crippen LogP contribution in [0.15, 0.2) is 0 Å². The highest BCUT2D eigenvalue weighted by molar-refractivity contribution is 6.04. The Labute approximate surface area is 86.1 Å². The lowest BCUT2D eigenvalue weighted by Gasteiger charge is -2.09. The van der Waals surface area contributed by atoms with Gasteiger partial charge in [0.1, 0.15) is 11.6 Å². The van der Waals surface area contributed by atoms with Gasteiger partial charge in [0.2, 0.25) is 0 Å². The van der Waals surface area contributed by atoms with Crippen LogP contribution in [0, 0.1) is 17.3 Å². The lowest BCUT2D eigenvalue weighted by molar-refractivity contribution is -0.133. The first-order valence-corrected chi connectivity index (χ1v) is 5.46. The summed E-state index contributed by atoms with van der Waals surface area (Å²) in [6.07, 6.45) is 2.33. The summed E-state index contributed by atoms with van der Waals surface area (Å²) in [5.74, 6) is 0.0358. The van der Waals surface area contributed by atoms with Crippen LogP contribution in [0.3, 0.4) is 0 Å². The van der Waals surface area contributed by atoms with Crippen molar-refractivity contribution in [2.45, 2.75) is 47.0 Å². The van der Waals surface area contributed by atoms with Crippen LogP contribution < -0.4 is 0 Å². The SMILES string of the molecule is CCCC(=O)C(C)C(=O)C1CC1(C)C. The van der Waals surface area contributed by atoms with Crippen LogP contribution >= 0.6 is 0 Å². The predicted molar refractivity (Wildman–Crippen MR) is 56.0 cm³/mol. The zero-order valence-electron chi connectivity index (χ0n) is 9.59. The predicted octanol–water partition coefficient (Wildman–Crippen LogP) is 2.61. The Morgan fingerprint density at radius 2 is 1.93 bits per heavy atom. The summed E-state index contributed by atoms with van der Waals surface area (Å²) >= 11 is 0. The zero-order valence-corrected chi connectivity index (χ0v) is 9.59. The molecule has 0 radical (unpaired) electrons. The molecule has 0 spiro atoms. The van der Waals surface area contributed by atoms with E-state index in [4.69, 9.17) is 0 Å².